The molecule has 1 aromatic heterocycles. The summed E-state index contributed by atoms with van der Waals surface area (Å²) in [5, 5.41) is 10.5. The van der Waals surface area contributed by atoms with Crippen LogP contribution in [0.1, 0.15) is 24.8 Å². The molecule has 0 radical (unpaired) electrons. The molecule has 0 bridgehead atoms. The van der Waals surface area contributed by atoms with Crippen molar-refractivity contribution in [3.8, 4) is 0 Å². The van der Waals surface area contributed by atoms with Gasteiger partial charge in [0.15, 0.2) is 0 Å². The average Bonchev–Trinajstić information content (AvgIpc) is 2.31. The van der Waals surface area contributed by atoms with Gasteiger partial charge >= 0.3 is 0 Å². The van der Waals surface area contributed by atoms with Gasteiger partial charge in [-0.25, -0.2) is 0 Å². The highest BCUT2D eigenvalue weighted by Gasteiger charge is 2.11. The molecule has 0 saturated heterocycles. The zero-order valence-corrected chi connectivity index (χ0v) is 8.85. The monoisotopic (exact) mass is 201 g/mol. The Morgan fingerprint density at radius 3 is 2.80 bits per heavy atom. The van der Waals surface area contributed by atoms with E-state index in [4.69, 9.17) is 0 Å². The third kappa shape index (κ3) is 1.85. The van der Waals surface area contributed by atoms with E-state index in [0.29, 0.717) is 0 Å². The highest BCUT2D eigenvalue weighted by atomic mass is 16.3. The summed E-state index contributed by atoms with van der Waals surface area (Å²) in [6, 6.07) is 10.1. The highest BCUT2D eigenvalue weighted by Crippen LogP contribution is 2.25. The highest BCUT2D eigenvalue weighted by molar-refractivity contribution is 5.82. The first-order valence-electron chi connectivity index (χ1n) is 5.31. The first-order valence-corrected chi connectivity index (χ1v) is 5.31. The minimum atomic E-state index is 0.199. The Labute approximate surface area is 89.6 Å². The normalized spacial score (nSPS) is 12.9. The molecule has 1 N–H and O–H groups in total. The van der Waals surface area contributed by atoms with Gasteiger partial charge in [-0.05, 0) is 24.1 Å². The van der Waals surface area contributed by atoms with Crippen molar-refractivity contribution in [1.29, 1.82) is 0 Å². The van der Waals surface area contributed by atoms with Crippen molar-refractivity contribution in [2.45, 2.75) is 19.3 Å². The first-order chi connectivity index (χ1) is 7.36. The maximum atomic E-state index is 9.32. The minimum absolute atomic E-state index is 0.199. The van der Waals surface area contributed by atoms with Crippen molar-refractivity contribution in [2.24, 2.45) is 0 Å². The number of para-hydroxylation sites is 1. The van der Waals surface area contributed by atoms with Crippen molar-refractivity contribution in [2.75, 3.05) is 6.61 Å². The summed E-state index contributed by atoms with van der Waals surface area (Å²) < 4.78 is 0. The van der Waals surface area contributed by atoms with Gasteiger partial charge in [-0.3, -0.25) is 4.98 Å². The molecule has 78 valence electrons. The lowest BCUT2D eigenvalue weighted by atomic mass is 9.94. The van der Waals surface area contributed by atoms with Crippen LogP contribution in [0.5, 0.6) is 0 Å². The Balaban J connectivity index is 2.59. The van der Waals surface area contributed by atoms with Crippen molar-refractivity contribution in [3.05, 3.63) is 42.1 Å². The summed E-state index contributed by atoms with van der Waals surface area (Å²) in [7, 11) is 0. The first kappa shape index (κ1) is 10.1. The third-order valence-corrected chi connectivity index (χ3v) is 2.84. The van der Waals surface area contributed by atoms with Gasteiger partial charge in [0.2, 0.25) is 0 Å². The number of aliphatic hydroxyl groups excluding tert-OH is 1. The van der Waals surface area contributed by atoms with Crippen LogP contribution in [0, 0.1) is 0 Å². The number of aliphatic hydroxyl groups is 1. The second kappa shape index (κ2) is 4.41. The predicted octanol–water partition coefficient (Wildman–Crippen LogP) is 2.72. The standard InChI is InChI=1S/C13H15NO/c1-2-10(9-15)11-7-8-14-13-6-4-3-5-12(11)13/h3-8,10,15H,2,9H2,1H3. The lowest BCUT2D eigenvalue weighted by Gasteiger charge is -2.14. The third-order valence-electron chi connectivity index (χ3n) is 2.84. The predicted molar refractivity (Wildman–Crippen MR) is 61.9 cm³/mol. The van der Waals surface area contributed by atoms with Gasteiger partial charge in [-0.15, -0.1) is 0 Å². The minimum Gasteiger partial charge on any atom is -0.396 e. The smallest absolute Gasteiger partial charge is 0.0704 e. The number of benzene rings is 1. The molecule has 0 fully saturated rings. The second-order valence-corrected chi connectivity index (χ2v) is 3.71. The van der Waals surface area contributed by atoms with E-state index in [1.807, 2.05) is 30.5 Å². The lowest BCUT2D eigenvalue weighted by Crippen LogP contribution is -2.03. The van der Waals surface area contributed by atoms with Crippen LogP contribution in [-0.4, -0.2) is 16.7 Å². The van der Waals surface area contributed by atoms with Gasteiger partial charge in [0.05, 0.1) is 5.52 Å². The Hall–Kier alpha value is -1.41. The quantitative estimate of drug-likeness (QED) is 0.828. The average molecular weight is 201 g/mol. The Morgan fingerprint density at radius 2 is 2.07 bits per heavy atom. The Kier molecular flexibility index (Phi) is 2.97. The molecule has 0 aliphatic carbocycles. The topological polar surface area (TPSA) is 33.1 Å². The Bertz CT molecular complexity index is 444. The molecule has 2 nitrogen and oxygen atoms in total. The fourth-order valence-corrected chi connectivity index (χ4v) is 1.92. The molecule has 1 aromatic carbocycles. The van der Waals surface area contributed by atoms with E-state index >= 15 is 0 Å². The SMILES string of the molecule is CCC(CO)c1ccnc2ccccc12. The zero-order valence-electron chi connectivity index (χ0n) is 8.85. The maximum absolute atomic E-state index is 9.32. The molecule has 1 unspecified atom stereocenters. The molecule has 2 heteroatoms. The number of pyridine rings is 1. The van der Waals surface area contributed by atoms with E-state index in [1.54, 1.807) is 0 Å². The summed E-state index contributed by atoms with van der Waals surface area (Å²) in [5.74, 6) is 0.220. The summed E-state index contributed by atoms with van der Waals surface area (Å²) in [6.45, 7) is 2.29. The zero-order chi connectivity index (χ0) is 10.7. The number of hydrogen-bond acceptors (Lipinski definition) is 2. The molecule has 15 heavy (non-hydrogen) atoms. The van der Waals surface area contributed by atoms with Gasteiger partial charge in [-0.2, -0.15) is 0 Å². The number of rotatable bonds is 3. The molecule has 0 aliphatic heterocycles. The molecular formula is C13H15NO. The van der Waals surface area contributed by atoms with E-state index in [9.17, 15) is 5.11 Å². The lowest BCUT2D eigenvalue weighted by molar-refractivity contribution is 0.263. The van der Waals surface area contributed by atoms with Crippen LogP contribution >= 0.6 is 0 Å². The van der Waals surface area contributed by atoms with Crippen LogP contribution in [0.15, 0.2) is 36.5 Å². The molecule has 0 saturated carbocycles. The Morgan fingerprint density at radius 1 is 1.27 bits per heavy atom. The van der Waals surface area contributed by atoms with Gasteiger partial charge in [-0.1, -0.05) is 25.1 Å². The summed E-state index contributed by atoms with van der Waals surface area (Å²) in [4.78, 5) is 4.31. The fourth-order valence-electron chi connectivity index (χ4n) is 1.92. The molecule has 1 atom stereocenters. The van der Waals surface area contributed by atoms with E-state index in [2.05, 4.69) is 18.0 Å². The molecule has 1 heterocycles. The van der Waals surface area contributed by atoms with Crippen molar-refractivity contribution in [3.63, 3.8) is 0 Å². The van der Waals surface area contributed by atoms with E-state index in [-0.39, 0.29) is 12.5 Å². The van der Waals surface area contributed by atoms with Crippen LogP contribution in [0.25, 0.3) is 10.9 Å². The largest absolute Gasteiger partial charge is 0.396 e. The van der Waals surface area contributed by atoms with Crippen LogP contribution in [-0.2, 0) is 0 Å². The summed E-state index contributed by atoms with van der Waals surface area (Å²) >= 11 is 0. The number of nitrogens with zero attached hydrogens (tertiary/aromatic N) is 1. The maximum Gasteiger partial charge on any atom is 0.0704 e. The van der Waals surface area contributed by atoms with Crippen LogP contribution < -0.4 is 0 Å². The molecule has 0 aliphatic rings. The van der Waals surface area contributed by atoms with E-state index in [1.165, 1.54) is 5.56 Å². The van der Waals surface area contributed by atoms with Gasteiger partial charge in [0.25, 0.3) is 0 Å². The fraction of sp³-hybridized carbons (Fsp3) is 0.308. The number of hydrogen-bond donors (Lipinski definition) is 1. The number of fused-ring (bicyclic) bond motifs is 1. The van der Waals surface area contributed by atoms with Gasteiger partial charge in [0.1, 0.15) is 0 Å². The number of aromatic nitrogens is 1. The molecular weight excluding hydrogens is 186 g/mol. The van der Waals surface area contributed by atoms with Crippen LogP contribution in [0.2, 0.25) is 0 Å². The van der Waals surface area contributed by atoms with Crippen LogP contribution in [0.3, 0.4) is 0 Å². The van der Waals surface area contributed by atoms with Crippen LogP contribution in [0.4, 0.5) is 0 Å². The second-order valence-electron chi connectivity index (χ2n) is 3.71. The molecule has 0 spiro atoms. The molecule has 2 aromatic rings. The van der Waals surface area contributed by atoms with E-state index < -0.39 is 0 Å². The summed E-state index contributed by atoms with van der Waals surface area (Å²) in [5.41, 5.74) is 2.20. The molecule has 0 amide bonds. The van der Waals surface area contributed by atoms with Gasteiger partial charge < -0.3 is 5.11 Å². The van der Waals surface area contributed by atoms with Gasteiger partial charge in [0, 0.05) is 24.1 Å². The van der Waals surface area contributed by atoms with E-state index in [0.717, 1.165) is 17.3 Å². The van der Waals surface area contributed by atoms with Crippen molar-refractivity contribution < 1.29 is 5.11 Å². The molecule has 2 rings (SSSR count). The van der Waals surface area contributed by atoms with Crippen molar-refractivity contribution in [1.82, 2.24) is 4.98 Å². The summed E-state index contributed by atoms with van der Waals surface area (Å²) in [6.07, 6.45) is 2.76. The van der Waals surface area contributed by atoms with Crippen molar-refractivity contribution >= 4 is 10.9 Å².